The Hall–Kier alpha value is -1.94. The molecule has 20 heavy (non-hydrogen) atoms. The molecule has 0 amide bonds. The van der Waals surface area contributed by atoms with Crippen molar-refractivity contribution in [1.29, 1.82) is 0 Å². The summed E-state index contributed by atoms with van der Waals surface area (Å²) in [5, 5.41) is 1.15. The fourth-order valence-electron chi connectivity index (χ4n) is 2.34. The Morgan fingerprint density at radius 1 is 1.10 bits per heavy atom. The van der Waals surface area contributed by atoms with Gasteiger partial charge in [-0.25, -0.2) is 9.97 Å². The Morgan fingerprint density at radius 2 is 1.90 bits per heavy atom. The third kappa shape index (κ3) is 2.27. The van der Waals surface area contributed by atoms with Gasteiger partial charge in [0.05, 0.1) is 5.39 Å². The zero-order chi connectivity index (χ0) is 13.9. The molecule has 0 aliphatic heterocycles. The number of nitrogens with zero attached hydrogens (tertiary/aromatic N) is 3. The van der Waals surface area contributed by atoms with Gasteiger partial charge in [0.25, 0.3) is 0 Å². The monoisotopic (exact) mass is 283 g/mol. The average Bonchev–Trinajstić information content (AvgIpc) is 2.93. The van der Waals surface area contributed by atoms with Crippen LogP contribution < -0.4 is 4.90 Å². The molecule has 0 unspecified atom stereocenters. The first-order valence-electron chi connectivity index (χ1n) is 6.89. The smallest absolute Gasteiger partial charge is 0.145 e. The summed E-state index contributed by atoms with van der Waals surface area (Å²) in [5.74, 6) is 1.000. The van der Waals surface area contributed by atoms with Crippen LogP contribution in [-0.2, 0) is 6.42 Å². The van der Waals surface area contributed by atoms with Crippen molar-refractivity contribution in [3.8, 4) is 0 Å². The van der Waals surface area contributed by atoms with Gasteiger partial charge in [0, 0.05) is 17.1 Å². The molecule has 2 heterocycles. The second-order valence-corrected chi connectivity index (χ2v) is 5.68. The maximum absolute atomic E-state index is 4.52. The number of para-hydroxylation sites is 1. The van der Waals surface area contributed by atoms with Crippen molar-refractivity contribution in [3.05, 3.63) is 47.6 Å². The number of fused-ring (bicyclic) bond motifs is 1. The van der Waals surface area contributed by atoms with Gasteiger partial charge < -0.3 is 4.90 Å². The van der Waals surface area contributed by atoms with E-state index in [1.54, 1.807) is 17.7 Å². The first kappa shape index (κ1) is 13.1. The van der Waals surface area contributed by atoms with E-state index in [9.17, 15) is 0 Å². The molecule has 0 spiro atoms. The topological polar surface area (TPSA) is 29.0 Å². The fourth-order valence-corrected chi connectivity index (χ4v) is 3.27. The number of thiophene rings is 1. The summed E-state index contributed by atoms with van der Waals surface area (Å²) in [6, 6.07) is 12.6. The molecule has 0 aliphatic rings. The van der Waals surface area contributed by atoms with E-state index >= 15 is 0 Å². The van der Waals surface area contributed by atoms with Crippen molar-refractivity contribution in [1.82, 2.24) is 9.97 Å². The molecule has 0 radical (unpaired) electrons. The largest absolute Gasteiger partial charge is 0.326 e. The highest BCUT2D eigenvalue weighted by Gasteiger charge is 2.14. The molecule has 0 fully saturated rings. The molecular weight excluding hydrogens is 266 g/mol. The molecule has 3 aromatic rings. The van der Waals surface area contributed by atoms with E-state index in [-0.39, 0.29) is 0 Å². The predicted octanol–water partition coefficient (Wildman–Crippen LogP) is 4.41. The molecule has 3 rings (SSSR count). The summed E-state index contributed by atoms with van der Waals surface area (Å²) in [7, 11) is 0. The number of benzene rings is 1. The van der Waals surface area contributed by atoms with Crippen molar-refractivity contribution >= 4 is 33.1 Å². The molecule has 0 aliphatic carbocycles. The number of rotatable bonds is 4. The Labute approximate surface area is 122 Å². The van der Waals surface area contributed by atoms with Gasteiger partial charge in [0.2, 0.25) is 0 Å². The summed E-state index contributed by atoms with van der Waals surface area (Å²) in [5.41, 5.74) is 1.17. The van der Waals surface area contributed by atoms with E-state index in [1.807, 2.05) is 6.07 Å². The predicted molar refractivity (Wildman–Crippen MR) is 85.9 cm³/mol. The van der Waals surface area contributed by atoms with E-state index in [1.165, 1.54) is 10.6 Å². The van der Waals surface area contributed by atoms with E-state index in [0.717, 1.165) is 29.0 Å². The number of hydrogen-bond acceptors (Lipinski definition) is 4. The second kappa shape index (κ2) is 5.59. The molecule has 3 nitrogen and oxygen atoms in total. The van der Waals surface area contributed by atoms with Crippen LogP contribution in [0.2, 0.25) is 0 Å². The van der Waals surface area contributed by atoms with Crippen LogP contribution in [0, 0.1) is 0 Å². The first-order chi connectivity index (χ1) is 9.83. The number of anilines is 2. The van der Waals surface area contributed by atoms with Crippen molar-refractivity contribution in [2.24, 2.45) is 0 Å². The van der Waals surface area contributed by atoms with Crippen LogP contribution in [0.5, 0.6) is 0 Å². The molecule has 0 saturated carbocycles. The van der Waals surface area contributed by atoms with Crippen LogP contribution in [0.25, 0.3) is 10.2 Å². The molecule has 1 aromatic carbocycles. The zero-order valence-corrected chi connectivity index (χ0v) is 12.5. The van der Waals surface area contributed by atoms with Crippen LogP contribution in [0.4, 0.5) is 11.5 Å². The lowest BCUT2D eigenvalue weighted by molar-refractivity contribution is 0.991. The third-order valence-corrected chi connectivity index (χ3v) is 4.54. The van der Waals surface area contributed by atoms with Gasteiger partial charge in [0.1, 0.15) is 17.0 Å². The zero-order valence-electron chi connectivity index (χ0n) is 11.7. The maximum Gasteiger partial charge on any atom is 0.145 e. The maximum atomic E-state index is 4.52. The van der Waals surface area contributed by atoms with E-state index in [2.05, 4.69) is 59.0 Å². The fraction of sp³-hybridized carbons (Fsp3) is 0.250. The normalized spacial score (nSPS) is 10.9. The minimum Gasteiger partial charge on any atom is -0.326 e. The molecule has 102 valence electrons. The highest BCUT2D eigenvalue weighted by Crippen LogP contribution is 2.33. The van der Waals surface area contributed by atoms with Crippen LogP contribution in [-0.4, -0.2) is 16.5 Å². The molecule has 0 N–H and O–H groups in total. The lowest BCUT2D eigenvalue weighted by Crippen LogP contribution is -2.17. The Morgan fingerprint density at radius 3 is 2.60 bits per heavy atom. The van der Waals surface area contributed by atoms with E-state index in [4.69, 9.17) is 0 Å². The SMILES string of the molecule is CCc1cc2c(N(CC)c3ccccc3)ncnc2s1. The summed E-state index contributed by atoms with van der Waals surface area (Å²) < 4.78 is 0. The average molecular weight is 283 g/mol. The van der Waals surface area contributed by atoms with E-state index in [0.29, 0.717) is 0 Å². The van der Waals surface area contributed by atoms with Crippen LogP contribution in [0.1, 0.15) is 18.7 Å². The molecular formula is C16H17N3S. The highest BCUT2D eigenvalue weighted by atomic mass is 32.1. The molecule has 0 atom stereocenters. The summed E-state index contributed by atoms with van der Waals surface area (Å²) in [4.78, 5) is 13.6. The minimum absolute atomic E-state index is 0.882. The van der Waals surface area contributed by atoms with Crippen molar-refractivity contribution in [2.75, 3.05) is 11.4 Å². The Bertz CT molecular complexity index is 706. The van der Waals surface area contributed by atoms with Crippen LogP contribution in [0.15, 0.2) is 42.7 Å². The van der Waals surface area contributed by atoms with Crippen LogP contribution >= 0.6 is 11.3 Å². The quantitative estimate of drug-likeness (QED) is 0.710. The van der Waals surface area contributed by atoms with E-state index < -0.39 is 0 Å². The van der Waals surface area contributed by atoms with Gasteiger partial charge >= 0.3 is 0 Å². The lowest BCUT2D eigenvalue weighted by Gasteiger charge is -2.22. The highest BCUT2D eigenvalue weighted by molar-refractivity contribution is 7.18. The van der Waals surface area contributed by atoms with Gasteiger partial charge in [-0.15, -0.1) is 11.3 Å². The van der Waals surface area contributed by atoms with Crippen molar-refractivity contribution in [2.45, 2.75) is 20.3 Å². The first-order valence-corrected chi connectivity index (χ1v) is 7.71. The molecule has 0 saturated heterocycles. The Kier molecular flexibility index (Phi) is 3.65. The van der Waals surface area contributed by atoms with Gasteiger partial charge in [-0.05, 0) is 31.5 Å². The number of aryl methyl sites for hydroxylation is 1. The lowest BCUT2D eigenvalue weighted by atomic mass is 10.2. The second-order valence-electron chi connectivity index (χ2n) is 4.56. The van der Waals surface area contributed by atoms with Gasteiger partial charge in [0.15, 0.2) is 0 Å². The number of hydrogen-bond donors (Lipinski definition) is 0. The summed E-state index contributed by atoms with van der Waals surface area (Å²) in [6.07, 6.45) is 2.71. The number of aromatic nitrogens is 2. The van der Waals surface area contributed by atoms with Gasteiger partial charge in [-0.2, -0.15) is 0 Å². The summed E-state index contributed by atoms with van der Waals surface area (Å²) in [6.45, 7) is 5.20. The van der Waals surface area contributed by atoms with Crippen molar-refractivity contribution < 1.29 is 0 Å². The van der Waals surface area contributed by atoms with Gasteiger partial charge in [-0.1, -0.05) is 25.1 Å². The summed E-state index contributed by atoms with van der Waals surface area (Å²) >= 11 is 1.76. The van der Waals surface area contributed by atoms with Crippen molar-refractivity contribution in [3.63, 3.8) is 0 Å². The van der Waals surface area contributed by atoms with Crippen LogP contribution in [0.3, 0.4) is 0 Å². The molecule has 4 heteroatoms. The third-order valence-electron chi connectivity index (χ3n) is 3.35. The van der Waals surface area contributed by atoms with Gasteiger partial charge in [-0.3, -0.25) is 0 Å². The molecule has 2 aromatic heterocycles. The minimum atomic E-state index is 0.882. The standard InChI is InChI=1S/C16H17N3S/c1-3-13-10-14-15(17-11-18-16(14)20-13)19(4-2)12-8-6-5-7-9-12/h5-11H,3-4H2,1-2H3. The Balaban J connectivity index is 2.14. The molecule has 0 bridgehead atoms.